The number of halogens is 2. The highest BCUT2D eigenvalue weighted by Crippen LogP contribution is 2.34. The van der Waals surface area contributed by atoms with Gasteiger partial charge >= 0.3 is 0 Å². The summed E-state index contributed by atoms with van der Waals surface area (Å²) >= 11 is 1.64. The normalized spacial score (nSPS) is 11.2. The van der Waals surface area contributed by atoms with Gasteiger partial charge in [-0.15, -0.1) is 11.3 Å². The molecule has 0 atom stereocenters. The van der Waals surface area contributed by atoms with E-state index in [2.05, 4.69) is 4.98 Å². The van der Waals surface area contributed by atoms with Gasteiger partial charge < -0.3 is 0 Å². The molecule has 0 aliphatic heterocycles. The fraction of sp³-hybridized carbons (Fsp3) is 0.0800. The third-order valence-electron chi connectivity index (χ3n) is 5.07. The van der Waals surface area contributed by atoms with Crippen LogP contribution in [-0.4, -0.2) is 15.0 Å². The van der Waals surface area contributed by atoms with Crippen molar-refractivity contribution in [3.8, 4) is 33.0 Å². The summed E-state index contributed by atoms with van der Waals surface area (Å²) in [4.78, 5) is 15.4. The standard InChI is InChI=1S/C25H17F2N3S/c1-14-25(31-15(2)28-14)18-7-12-21-22(13-18)30-24(17-5-10-20(27)11-6-17)23(29-21)16-3-8-19(26)9-4-16/h3-13H,1-2H3. The minimum Gasteiger partial charge on any atom is -0.246 e. The van der Waals surface area contributed by atoms with Gasteiger partial charge in [-0.2, -0.15) is 0 Å². The third-order valence-corrected chi connectivity index (χ3v) is 6.19. The summed E-state index contributed by atoms with van der Waals surface area (Å²) < 4.78 is 27.0. The first-order valence-corrected chi connectivity index (χ1v) is 10.6. The molecule has 31 heavy (non-hydrogen) atoms. The number of rotatable bonds is 3. The van der Waals surface area contributed by atoms with Crippen LogP contribution in [0.25, 0.3) is 44.0 Å². The van der Waals surface area contributed by atoms with E-state index in [1.165, 1.54) is 24.3 Å². The molecule has 3 nitrogen and oxygen atoms in total. The molecule has 0 spiro atoms. The van der Waals surface area contributed by atoms with Gasteiger partial charge in [0.15, 0.2) is 0 Å². The van der Waals surface area contributed by atoms with Crippen LogP contribution < -0.4 is 0 Å². The van der Waals surface area contributed by atoms with Crippen molar-refractivity contribution >= 4 is 22.4 Å². The average molecular weight is 429 g/mol. The molecule has 0 aliphatic carbocycles. The molecule has 0 saturated heterocycles. The second-order valence-corrected chi connectivity index (χ2v) is 8.49. The Bertz CT molecular complexity index is 1410. The lowest BCUT2D eigenvalue weighted by Crippen LogP contribution is -1.96. The summed E-state index contributed by atoms with van der Waals surface area (Å²) in [7, 11) is 0. The van der Waals surface area contributed by atoms with Crippen molar-refractivity contribution in [2.45, 2.75) is 13.8 Å². The largest absolute Gasteiger partial charge is 0.246 e. The van der Waals surface area contributed by atoms with Crippen LogP contribution in [0.15, 0.2) is 66.7 Å². The Hall–Kier alpha value is -3.51. The SMILES string of the molecule is Cc1nc(C)c(-c2ccc3nc(-c4ccc(F)cc4)c(-c4ccc(F)cc4)nc3c2)s1. The zero-order valence-electron chi connectivity index (χ0n) is 16.9. The van der Waals surface area contributed by atoms with Gasteiger partial charge in [-0.3, -0.25) is 0 Å². The molecule has 0 unspecified atom stereocenters. The monoisotopic (exact) mass is 429 g/mol. The van der Waals surface area contributed by atoms with Crippen LogP contribution in [0.2, 0.25) is 0 Å². The maximum absolute atomic E-state index is 13.5. The molecule has 0 amide bonds. The van der Waals surface area contributed by atoms with Crippen molar-refractivity contribution in [1.29, 1.82) is 0 Å². The predicted molar refractivity (Wildman–Crippen MR) is 121 cm³/mol. The predicted octanol–water partition coefficient (Wildman–Crippen LogP) is 6.98. The Morgan fingerprint density at radius 1 is 0.613 bits per heavy atom. The number of benzene rings is 3. The van der Waals surface area contributed by atoms with Gasteiger partial charge in [-0.25, -0.2) is 23.7 Å². The van der Waals surface area contributed by atoms with Crippen LogP contribution in [0.5, 0.6) is 0 Å². The van der Waals surface area contributed by atoms with E-state index in [0.29, 0.717) is 11.4 Å². The topological polar surface area (TPSA) is 38.7 Å². The van der Waals surface area contributed by atoms with Crippen molar-refractivity contribution in [3.05, 3.63) is 89.1 Å². The van der Waals surface area contributed by atoms with Gasteiger partial charge in [-0.1, -0.05) is 6.07 Å². The summed E-state index contributed by atoms with van der Waals surface area (Å²) in [6.07, 6.45) is 0. The smallest absolute Gasteiger partial charge is 0.123 e. The second-order valence-electron chi connectivity index (χ2n) is 7.29. The van der Waals surface area contributed by atoms with Crippen LogP contribution in [0.1, 0.15) is 10.7 Å². The van der Waals surface area contributed by atoms with Gasteiger partial charge in [0, 0.05) is 11.1 Å². The molecule has 6 heteroatoms. The van der Waals surface area contributed by atoms with E-state index in [9.17, 15) is 8.78 Å². The van der Waals surface area contributed by atoms with E-state index in [-0.39, 0.29) is 11.6 Å². The molecule has 0 radical (unpaired) electrons. The first-order chi connectivity index (χ1) is 15.0. The fourth-order valence-corrected chi connectivity index (χ4v) is 4.53. The first-order valence-electron chi connectivity index (χ1n) is 9.76. The molecule has 152 valence electrons. The van der Waals surface area contributed by atoms with E-state index < -0.39 is 0 Å². The van der Waals surface area contributed by atoms with Crippen LogP contribution >= 0.6 is 11.3 Å². The van der Waals surface area contributed by atoms with Crippen molar-refractivity contribution in [2.75, 3.05) is 0 Å². The Balaban J connectivity index is 1.74. The lowest BCUT2D eigenvalue weighted by molar-refractivity contribution is 0.627. The number of hydrogen-bond acceptors (Lipinski definition) is 4. The van der Waals surface area contributed by atoms with E-state index >= 15 is 0 Å². The number of hydrogen-bond donors (Lipinski definition) is 0. The summed E-state index contributed by atoms with van der Waals surface area (Å²) in [6.45, 7) is 3.99. The van der Waals surface area contributed by atoms with Crippen molar-refractivity contribution in [1.82, 2.24) is 15.0 Å². The second kappa shape index (κ2) is 7.63. The molecule has 3 aromatic carbocycles. The molecule has 5 rings (SSSR count). The number of nitrogens with zero attached hydrogens (tertiary/aromatic N) is 3. The lowest BCUT2D eigenvalue weighted by Gasteiger charge is -2.11. The molecular formula is C25H17F2N3S. The number of fused-ring (bicyclic) bond motifs is 1. The average Bonchev–Trinajstić information content (AvgIpc) is 3.11. The van der Waals surface area contributed by atoms with Crippen LogP contribution in [-0.2, 0) is 0 Å². The number of aromatic nitrogens is 3. The van der Waals surface area contributed by atoms with Gasteiger partial charge in [0.2, 0.25) is 0 Å². The Kier molecular flexibility index (Phi) is 4.79. The molecule has 2 aromatic heterocycles. The summed E-state index contributed by atoms with van der Waals surface area (Å²) in [6, 6.07) is 18.3. The van der Waals surface area contributed by atoms with Gasteiger partial charge in [0.05, 0.1) is 38.0 Å². The molecule has 0 bridgehead atoms. The number of aryl methyl sites for hydroxylation is 2. The van der Waals surface area contributed by atoms with E-state index in [0.717, 1.165) is 43.3 Å². The van der Waals surface area contributed by atoms with Crippen LogP contribution in [0.4, 0.5) is 8.78 Å². The Labute approximate surface area is 182 Å². The summed E-state index contributed by atoms with van der Waals surface area (Å²) in [5.41, 5.74) is 6.20. The Morgan fingerprint density at radius 2 is 1.13 bits per heavy atom. The molecule has 5 aromatic rings. The Morgan fingerprint density at radius 3 is 1.65 bits per heavy atom. The van der Waals surface area contributed by atoms with E-state index in [1.54, 1.807) is 35.6 Å². The van der Waals surface area contributed by atoms with Gasteiger partial charge in [0.25, 0.3) is 0 Å². The molecule has 0 saturated carbocycles. The van der Waals surface area contributed by atoms with Gasteiger partial charge in [-0.05, 0) is 80.1 Å². The summed E-state index contributed by atoms with van der Waals surface area (Å²) in [5.74, 6) is -0.639. The maximum Gasteiger partial charge on any atom is 0.123 e. The highest BCUT2D eigenvalue weighted by atomic mass is 32.1. The fourth-order valence-electron chi connectivity index (χ4n) is 3.61. The zero-order valence-corrected chi connectivity index (χ0v) is 17.7. The summed E-state index contributed by atoms with van der Waals surface area (Å²) in [5, 5.41) is 1.01. The number of thiazole rings is 1. The quantitative estimate of drug-likeness (QED) is 0.310. The van der Waals surface area contributed by atoms with E-state index in [1.807, 2.05) is 32.0 Å². The minimum atomic E-state index is -0.320. The van der Waals surface area contributed by atoms with Crippen LogP contribution in [0, 0.1) is 25.5 Å². The highest BCUT2D eigenvalue weighted by molar-refractivity contribution is 7.15. The van der Waals surface area contributed by atoms with Crippen molar-refractivity contribution < 1.29 is 8.78 Å². The molecule has 0 aliphatic rings. The molecule has 0 N–H and O–H groups in total. The van der Waals surface area contributed by atoms with Crippen molar-refractivity contribution in [2.24, 2.45) is 0 Å². The lowest BCUT2D eigenvalue weighted by atomic mass is 10.0. The van der Waals surface area contributed by atoms with Crippen molar-refractivity contribution in [3.63, 3.8) is 0 Å². The van der Waals surface area contributed by atoms with Crippen LogP contribution in [0.3, 0.4) is 0 Å². The zero-order chi connectivity index (χ0) is 21.5. The molecule has 2 heterocycles. The minimum absolute atomic E-state index is 0.319. The molecular weight excluding hydrogens is 412 g/mol. The molecule has 0 fully saturated rings. The highest BCUT2D eigenvalue weighted by Gasteiger charge is 2.15. The van der Waals surface area contributed by atoms with E-state index in [4.69, 9.17) is 9.97 Å². The maximum atomic E-state index is 13.5. The first kappa shape index (κ1) is 19.5. The third kappa shape index (κ3) is 3.70. The van der Waals surface area contributed by atoms with Gasteiger partial charge in [0.1, 0.15) is 11.6 Å².